The zero-order valence-electron chi connectivity index (χ0n) is 6.59. The van der Waals surface area contributed by atoms with Crippen molar-refractivity contribution >= 4 is 5.78 Å². The zero-order valence-corrected chi connectivity index (χ0v) is 6.59. The van der Waals surface area contributed by atoms with Gasteiger partial charge in [0.1, 0.15) is 6.10 Å². The first-order chi connectivity index (χ1) is 4.75. The van der Waals surface area contributed by atoms with Crippen molar-refractivity contribution in [2.24, 2.45) is 0 Å². The first-order valence-corrected chi connectivity index (χ1v) is 3.94. The fourth-order valence-electron chi connectivity index (χ4n) is 1.02. The lowest BCUT2D eigenvalue weighted by Crippen LogP contribution is -2.07. The van der Waals surface area contributed by atoms with Crippen molar-refractivity contribution in [2.75, 3.05) is 0 Å². The molecule has 10 heavy (non-hydrogen) atoms. The van der Waals surface area contributed by atoms with Crippen molar-refractivity contribution in [1.29, 1.82) is 0 Å². The van der Waals surface area contributed by atoms with Crippen molar-refractivity contribution in [1.82, 2.24) is 0 Å². The molecule has 0 saturated carbocycles. The van der Waals surface area contributed by atoms with Gasteiger partial charge >= 0.3 is 0 Å². The van der Waals surface area contributed by atoms with Gasteiger partial charge in [0.25, 0.3) is 0 Å². The monoisotopic (exact) mass is 142 g/mol. The summed E-state index contributed by atoms with van der Waals surface area (Å²) in [6, 6.07) is 0. The molecule has 0 aromatic rings. The van der Waals surface area contributed by atoms with E-state index in [9.17, 15) is 4.79 Å². The quantitative estimate of drug-likeness (QED) is 0.557. The SMILES string of the molecule is CCCCC(=O)[C@@H]1O[C@H]1C. The largest absolute Gasteiger partial charge is 0.362 e. The average molecular weight is 142 g/mol. The molecule has 1 fully saturated rings. The van der Waals surface area contributed by atoms with Crippen molar-refractivity contribution in [3.8, 4) is 0 Å². The van der Waals surface area contributed by atoms with Gasteiger partial charge in [0.05, 0.1) is 6.10 Å². The van der Waals surface area contributed by atoms with Crippen LogP contribution < -0.4 is 0 Å². The zero-order chi connectivity index (χ0) is 7.56. The second kappa shape index (κ2) is 3.15. The molecule has 0 aliphatic carbocycles. The van der Waals surface area contributed by atoms with Crippen LogP contribution in [0.4, 0.5) is 0 Å². The van der Waals surface area contributed by atoms with E-state index in [-0.39, 0.29) is 18.0 Å². The molecular formula is C8H14O2. The third kappa shape index (κ3) is 1.81. The summed E-state index contributed by atoms with van der Waals surface area (Å²) >= 11 is 0. The number of carbonyl (C=O) groups is 1. The molecule has 2 atom stereocenters. The molecule has 0 N–H and O–H groups in total. The van der Waals surface area contributed by atoms with E-state index in [1.54, 1.807) is 0 Å². The van der Waals surface area contributed by atoms with Gasteiger partial charge in [-0.1, -0.05) is 13.3 Å². The van der Waals surface area contributed by atoms with E-state index < -0.39 is 0 Å². The topological polar surface area (TPSA) is 29.6 Å². The molecule has 2 nitrogen and oxygen atoms in total. The van der Waals surface area contributed by atoms with Crippen molar-refractivity contribution in [3.05, 3.63) is 0 Å². The van der Waals surface area contributed by atoms with E-state index in [2.05, 4.69) is 6.92 Å². The summed E-state index contributed by atoms with van der Waals surface area (Å²) in [5.74, 6) is 0.286. The maximum Gasteiger partial charge on any atom is 0.164 e. The van der Waals surface area contributed by atoms with Gasteiger partial charge in [-0.25, -0.2) is 0 Å². The predicted octanol–water partition coefficient (Wildman–Crippen LogP) is 1.53. The Labute approximate surface area is 61.6 Å². The van der Waals surface area contributed by atoms with Gasteiger partial charge < -0.3 is 4.74 Å². The lowest BCUT2D eigenvalue weighted by atomic mass is 10.1. The number of hydrogen-bond acceptors (Lipinski definition) is 2. The smallest absolute Gasteiger partial charge is 0.164 e. The van der Waals surface area contributed by atoms with Gasteiger partial charge in [-0.3, -0.25) is 4.79 Å². The summed E-state index contributed by atoms with van der Waals surface area (Å²) in [6.45, 7) is 4.03. The molecule has 1 rings (SSSR count). The third-order valence-electron chi connectivity index (χ3n) is 1.81. The van der Waals surface area contributed by atoms with Crippen LogP contribution in [-0.2, 0) is 9.53 Å². The van der Waals surface area contributed by atoms with E-state index in [0.717, 1.165) is 12.8 Å². The Morgan fingerprint density at radius 1 is 1.60 bits per heavy atom. The Morgan fingerprint density at radius 2 is 2.20 bits per heavy atom. The molecule has 1 saturated heterocycles. The van der Waals surface area contributed by atoms with Crippen LogP contribution in [-0.4, -0.2) is 18.0 Å². The number of unbranched alkanes of at least 4 members (excludes halogenated alkanes) is 1. The number of carbonyl (C=O) groups excluding carboxylic acids is 1. The van der Waals surface area contributed by atoms with Crippen molar-refractivity contribution in [2.45, 2.75) is 45.3 Å². The predicted molar refractivity (Wildman–Crippen MR) is 38.9 cm³/mol. The molecule has 0 amide bonds. The van der Waals surface area contributed by atoms with Gasteiger partial charge in [0.15, 0.2) is 5.78 Å². The second-order valence-electron chi connectivity index (χ2n) is 2.83. The Bertz CT molecular complexity index is 131. The highest BCUT2D eigenvalue weighted by Gasteiger charge is 2.39. The summed E-state index contributed by atoms with van der Waals surface area (Å²) < 4.78 is 5.03. The van der Waals surface area contributed by atoms with Crippen LogP contribution in [0, 0.1) is 0 Å². The number of ether oxygens (including phenoxy) is 1. The van der Waals surface area contributed by atoms with Crippen LogP contribution >= 0.6 is 0 Å². The summed E-state index contributed by atoms with van der Waals surface area (Å²) in [5, 5.41) is 0. The molecule has 0 bridgehead atoms. The Balaban J connectivity index is 2.11. The number of rotatable bonds is 4. The Morgan fingerprint density at radius 3 is 2.60 bits per heavy atom. The normalized spacial score (nSPS) is 30.2. The van der Waals surface area contributed by atoms with Crippen LogP contribution in [0.15, 0.2) is 0 Å². The molecule has 0 spiro atoms. The van der Waals surface area contributed by atoms with E-state index >= 15 is 0 Å². The van der Waals surface area contributed by atoms with Crippen LogP contribution in [0.1, 0.15) is 33.1 Å². The molecule has 0 aromatic heterocycles. The van der Waals surface area contributed by atoms with Crippen LogP contribution in [0.25, 0.3) is 0 Å². The summed E-state index contributed by atoms with van der Waals surface area (Å²) in [6.07, 6.45) is 2.94. The van der Waals surface area contributed by atoms with E-state index in [1.807, 2.05) is 6.92 Å². The highest BCUT2D eigenvalue weighted by Crippen LogP contribution is 2.23. The number of Topliss-reactive ketones (excluding diaryl/α,β-unsaturated/α-hetero) is 1. The van der Waals surface area contributed by atoms with Gasteiger partial charge in [-0.15, -0.1) is 0 Å². The molecule has 2 heteroatoms. The van der Waals surface area contributed by atoms with Crippen LogP contribution in [0.3, 0.4) is 0 Å². The first kappa shape index (κ1) is 7.73. The summed E-state index contributed by atoms with van der Waals surface area (Å²) in [5.41, 5.74) is 0. The molecular weight excluding hydrogens is 128 g/mol. The van der Waals surface area contributed by atoms with Crippen molar-refractivity contribution in [3.63, 3.8) is 0 Å². The highest BCUT2D eigenvalue weighted by atomic mass is 16.6. The third-order valence-corrected chi connectivity index (χ3v) is 1.81. The fourth-order valence-corrected chi connectivity index (χ4v) is 1.02. The Kier molecular flexibility index (Phi) is 2.44. The first-order valence-electron chi connectivity index (χ1n) is 3.94. The molecule has 1 aliphatic rings. The highest BCUT2D eigenvalue weighted by molar-refractivity contribution is 5.85. The molecule has 0 radical (unpaired) electrons. The maximum atomic E-state index is 11.0. The second-order valence-corrected chi connectivity index (χ2v) is 2.83. The van der Waals surface area contributed by atoms with Crippen molar-refractivity contribution < 1.29 is 9.53 Å². The summed E-state index contributed by atoms with van der Waals surface area (Å²) in [7, 11) is 0. The van der Waals surface area contributed by atoms with Gasteiger partial charge in [0.2, 0.25) is 0 Å². The molecule has 0 unspecified atom stereocenters. The fraction of sp³-hybridized carbons (Fsp3) is 0.875. The molecule has 0 aromatic carbocycles. The van der Waals surface area contributed by atoms with Gasteiger partial charge in [-0.05, 0) is 13.3 Å². The van der Waals surface area contributed by atoms with Crippen LogP contribution in [0.5, 0.6) is 0 Å². The minimum atomic E-state index is -0.0495. The molecule has 1 heterocycles. The average Bonchev–Trinajstić information content (AvgIpc) is 2.62. The number of epoxide rings is 1. The Hall–Kier alpha value is -0.370. The molecule has 58 valence electrons. The number of hydrogen-bond donors (Lipinski definition) is 0. The minimum absolute atomic E-state index is 0.0495. The lowest BCUT2D eigenvalue weighted by Gasteiger charge is -1.91. The number of ketones is 1. The van der Waals surface area contributed by atoms with E-state index in [0.29, 0.717) is 6.42 Å². The van der Waals surface area contributed by atoms with E-state index in [4.69, 9.17) is 4.74 Å². The van der Waals surface area contributed by atoms with Gasteiger partial charge in [-0.2, -0.15) is 0 Å². The molecule has 1 aliphatic heterocycles. The van der Waals surface area contributed by atoms with E-state index in [1.165, 1.54) is 0 Å². The van der Waals surface area contributed by atoms with Crippen LogP contribution in [0.2, 0.25) is 0 Å². The van der Waals surface area contributed by atoms with Gasteiger partial charge in [0, 0.05) is 6.42 Å². The lowest BCUT2D eigenvalue weighted by molar-refractivity contribution is -0.120. The maximum absolute atomic E-state index is 11.0. The summed E-state index contributed by atoms with van der Waals surface area (Å²) in [4.78, 5) is 11.0. The standard InChI is InChI=1S/C8H14O2/c1-3-4-5-7(9)8-6(2)10-8/h6,8H,3-5H2,1-2H3/t6-,8+/m0/s1. The minimum Gasteiger partial charge on any atom is -0.362 e.